The van der Waals surface area contributed by atoms with Crippen molar-refractivity contribution >= 4 is 12.2 Å². The molecule has 0 spiro atoms. The third kappa shape index (κ3) is 3.85. The van der Waals surface area contributed by atoms with Crippen LogP contribution >= 0.6 is 0 Å². The number of benzene rings is 1. The number of hydrogen-bond acceptors (Lipinski definition) is 2. The van der Waals surface area contributed by atoms with Crippen LogP contribution in [0.3, 0.4) is 0 Å². The van der Waals surface area contributed by atoms with E-state index in [1.807, 2.05) is 30.3 Å². The predicted molar refractivity (Wildman–Crippen MR) is 53.6 cm³/mol. The molecule has 0 aliphatic rings. The molecule has 0 aromatic heterocycles. The maximum Gasteiger partial charge on any atom is 0.220 e. The van der Waals surface area contributed by atoms with Crippen molar-refractivity contribution in [2.45, 2.75) is 19.4 Å². The van der Waals surface area contributed by atoms with Crippen LogP contribution in [0, 0.1) is 0 Å². The van der Waals surface area contributed by atoms with Crippen LogP contribution in [0.2, 0.25) is 0 Å². The predicted octanol–water partition coefficient (Wildman–Crippen LogP) is 1.28. The van der Waals surface area contributed by atoms with Crippen molar-refractivity contribution in [1.29, 1.82) is 0 Å². The van der Waals surface area contributed by atoms with Crippen LogP contribution in [0.4, 0.5) is 0 Å². The van der Waals surface area contributed by atoms with E-state index in [4.69, 9.17) is 0 Å². The zero-order chi connectivity index (χ0) is 10.2. The highest BCUT2D eigenvalue weighted by atomic mass is 16.1. The number of hydrogen-bond donors (Lipinski definition) is 1. The summed E-state index contributed by atoms with van der Waals surface area (Å²) >= 11 is 0. The summed E-state index contributed by atoms with van der Waals surface area (Å²) < 4.78 is 0. The maximum atomic E-state index is 11.1. The van der Waals surface area contributed by atoms with Gasteiger partial charge in [0.2, 0.25) is 5.91 Å². The summed E-state index contributed by atoms with van der Waals surface area (Å²) in [4.78, 5) is 21.1. The summed E-state index contributed by atoms with van der Waals surface area (Å²) in [5.41, 5.74) is 1.06. The average Bonchev–Trinajstić information content (AvgIpc) is 2.25. The van der Waals surface area contributed by atoms with E-state index in [-0.39, 0.29) is 12.3 Å². The molecule has 1 aromatic rings. The third-order valence-electron chi connectivity index (χ3n) is 1.82. The smallest absolute Gasteiger partial charge is 0.220 e. The first-order valence-electron chi connectivity index (χ1n) is 4.57. The number of carbonyl (C=O) groups is 2. The average molecular weight is 191 g/mol. The molecule has 0 saturated heterocycles. The minimum absolute atomic E-state index is 0.0825. The summed E-state index contributed by atoms with van der Waals surface area (Å²) in [5.74, 6) is -0.0825. The number of amides is 1. The molecule has 0 heterocycles. The Morgan fingerprint density at radius 1 is 1.29 bits per heavy atom. The standard InChI is InChI=1S/C11H13NO2/c13-8-4-7-11(14)12-9-10-5-2-1-3-6-10/h1-3,5-6,8H,4,7,9H2,(H,12,14). The lowest BCUT2D eigenvalue weighted by atomic mass is 10.2. The second-order valence-corrected chi connectivity index (χ2v) is 2.97. The summed E-state index contributed by atoms with van der Waals surface area (Å²) in [6.07, 6.45) is 1.32. The number of carbonyl (C=O) groups excluding carboxylic acids is 2. The van der Waals surface area contributed by atoms with Crippen LogP contribution in [0.15, 0.2) is 30.3 Å². The Morgan fingerprint density at radius 2 is 2.00 bits per heavy atom. The number of rotatable bonds is 5. The van der Waals surface area contributed by atoms with Crippen LogP contribution in [-0.4, -0.2) is 12.2 Å². The fourth-order valence-electron chi connectivity index (χ4n) is 1.07. The van der Waals surface area contributed by atoms with Crippen LogP contribution < -0.4 is 5.32 Å². The zero-order valence-corrected chi connectivity index (χ0v) is 7.90. The number of nitrogens with one attached hydrogen (secondary N) is 1. The monoisotopic (exact) mass is 191 g/mol. The molecule has 0 aliphatic heterocycles. The Kier molecular flexibility index (Phi) is 4.41. The molecule has 14 heavy (non-hydrogen) atoms. The summed E-state index contributed by atoms with van der Waals surface area (Å²) in [5, 5.41) is 2.74. The molecule has 1 amide bonds. The molecular weight excluding hydrogens is 178 g/mol. The van der Waals surface area contributed by atoms with Gasteiger partial charge in [0.15, 0.2) is 0 Å². The number of aldehydes is 1. The van der Waals surface area contributed by atoms with Crippen molar-refractivity contribution in [2.75, 3.05) is 0 Å². The van der Waals surface area contributed by atoms with Crippen LogP contribution in [0.1, 0.15) is 18.4 Å². The van der Waals surface area contributed by atoms with Crippen LogP contribution in [0.25, 0.3) is 0 Å². The maximum absolute atomic E-state index is 11.1. The van der Waals surface area contributed by atoms with E-state index >= 15 is 0 Å². The Morgan fingerprint density at radius 3 is 2.64 bits per heavy atom. The summed E-state index contributed by atoms with van der Waals surface area (Å²) in [7, 11) is 0. The van der Waals surface area contributed by atoms with Crippen molar-refractivity contribution in [1.82, 2.24) is 5.32 Å². The molecule has 0 radical (unpaired) electrons. The van der Waals surface area contributed by atoms with E-state index in [1.165, 1.54) is 0 Å². The van der Waals surface area contributed by atoms with Gasteiger partial charge in [-0.3, -0.25) is 4.79 Å². The first-order valence-corrected chi connectivity index (χ1v) is 4.57. The fraction of sp³-hybridized carbons (Fsp3) is 0.273. The molecule has 3 heteroatoms. The summed E-state index contributed by atoms with van der Waals surface area (Å²) in [6.45, 7) is 0.526. The van der Waals surface area contributed by atoms with Gasteiger partial charge in [0, 0.05) is 19.4 Å². The molecule has 0 bridgehead atoms. The van der Waals surface area contributed by atoms with E-state index < -0.39 is 0 Å². The molecule has 0 fully saturated rings. The van der Waals surface area contributed by atoms with E-state index in [0.29, 0.717) is 13.0 Å². The molecule has 3 nitrogen and oxygen atoms in total. The Hall–Kier alpha value is -1.64. The second kappa shape index (κ2) is 5.91. The largest absolute Gasteiger partial charge is 0.352 e. The minimum atomic E-state index is -0.0825. The highest BCUT2D eigenvalue weighted by Gasteiger charge is 1.99. The normalized spacial score (nSPS) is 9.43. The molecule has 74 valence electrons. The van der Waals surface area contributed by atoms with Gasteiger partial charge in [-0.25, -0.2) is 0 Å². The zero-order valence-electron chi connectivity index (χ0n) is 7.90. The molecule has 0 aliphatic carbocycles. The van der Waals surface area contributed by atoms with Gasteiger partial charge in [0.05, 0.1) is 0 Å². The second-order valence-electron chi connectivity index (χ2n) is 2.97. The van der Waals surface area contributed by atoms with Gasteiger partial charge in [-0.1, -0.05) is 30.3 Å². The molecular formula is C11H13NO2. The van der Waals surface area contributed by atoms with Crippen molar-refractivity contribution < 1.29 is 9.59 Å². The van der Waals surface area contributed by atoms with Gasteiger partial charge in [-0.15, -0.1) is 0 Å². The highest BCUT2D eigenvalue weighted by Crippen LogP contribution is 1.97. The van der Waals surface area contributed by atoms with Gasteiger partial charge in [0.25, 0.3) is 0 Å². The lowest BCUT2D eigenvalue weighted by Gasteiger charge is -2.03. The minimum Gasteiger partial charge on any atom is -0.352 e. The van der Waals surface area contributed by atoms with Gasteiger partial charge in [0.1, 0.15) is 6.29 Å². The SMILES string of the molecule is O=CCCC(=O)NCc1ccccc1. The van der Waals surface area contributed by atoms with Gasteiger partial charge in [-0.2, -0.15) is 0 Å². The summed E-state index contributed by atoms with van der Waals surface area (Å²) in [6, 6.07) is 9.66. The van der Waals surface area contributed by atoms with Crippen molar-refractivity contribution in [3.63, 3.8) is 0 Å². The van der Waals surface area contributed by atoms with E-state index in [2.05, 4.69) is 5.32 Å². The molecule has 0 atom stereocenters. The molecule has 1 aromatic carbocycles. The topological polar surface area (TPSA) is 46.2 Å². The highest BCUT2D eigenvalue weighted by molar-refractivity contribution is 5.77. The van der Waals surface area contributed by atoms with Crippen molar-refractivity contribution in [3.05, 3.63) is 35.9 Å². The van der Waals surface area contributed by atoms with Crippen molar-refractivity contribution in [2.24, 2.45) is 0 Å². The van der Waals surface area contributed by atoms with E-state index in [9.17, 15) is 9.59 Å². The van der Waals surface area contributed by atoms with Crippen molar-refractivity contribution in [3.8, 4) is 0 Å². The molecule has 0 saturated carbocycles. The van der Waals surface area contributed by atoms with Crippen LogP contribution in [-0.2, 0) is 16.1 Å². The Labute approximate surface area is 83.1 Å². The quantitative estimate of drug-likeness (QED) is 0.713. The Balaban J connectivity index is 2.27. The molecule has 0 unspecified atom stereocenters. The van der Waals surface area contributed by atoms with Gasteiger partial charge < -0.3 is 10.1 Å². The molecule has 1 N–H and O–H groups in total. The van der Waals surface area contributed by atoms with E-state index in [0.717, 1.165) is 11.8 Å². The fourth-order valence-corrected chi connectivity index (χ4v) is 1.07. The lowest BCUT2D eigenvalue weighted by Crippen LogP contribution is -2.22. The third-order valence-corrected chi connectivity index (χ3v) is 1.82. The lowest BCUT2D eigenvalue weighted by molar-refractivity contribution is -0.122. The molecule has 1 rings (SSSR count). The first kappa shape index (κ1) is 10.4. The van der Waals surface area contributed by atoms with Gasteiger partial charge in [-0.05, 0) is 5.56 Å². The van der Waals surface area contributed by atoms with Crippen LogP contribution in [0.5, 0.6) is 0 Å². The van der Waals surface area contributed by atoms with Gasteiger partial charge >= 0.3 is 0 Å². The Bertz CT molecular complexity index is 295. The van der Waals surface area contributed by atoms with E-state index in [1.54, 1.807) is 0 Å². The first-order chi connectivity index (χ1) is 6.83.